The molecule has 0 aliphatic heterocycles. The van der Waals surface area contributed by atoms with Crippen molar-refractivity contribution in [3.05, 3.63) is 17.6 Å². The van der Waals surface area contributed by atoms with Crippen LogP contribution >= 0.6 is 0 Å². The van der Waals surface area contributed by atoms with Crippen LogP contribution in [0.3, 0.4) is 0 Å². The zero-order chi connectivity index (χ0) is 14.0. The van der Waals surface area contributed by atoms with Gasteiger partial charge in [0.25, 0.3) is 5.91 Å². The summed E-state index contributed by atoms with van der Waals surface area (Å²) in [6.07, 6.45) is 1.96. The van der Waals surface area contributed by atoms with E-state index >= 15 is 0 Å². The zero-order valence-electron chi connectivity index (χ0n) is 10.0. The number of carbonyl (C=O) groups excluding carboxylic acids is 1. The fraction of sp³-hybridized carbons (Fsp3) is 0.273. The van der Waals surface area contributed by atoms with Gasteiger partial charge in [0, 0.05) is 6.20 Å². The number of aliphatic carboxylic acids is 1. The number of nitrogens with zero attached hydrogens (tertiary/aromatic N) is 2. The summed E-state index contributed by atoms with van der Waals surface area (Å²) in [6, 6.07) is 0. The molecule has 8 nitrogen and oxygen atoms in total. The summed E-state index contributed by atoms with van der Waals surface area (Å²) in [5, 5.41) is 24.7. The molecule has 0 aromatic carbocycles. The van der Waals surface area contributed by atoms with Gasteiger partial charge in [0.2, 0.25) is 5.58 Å². The third-order valence-electron chi connectivity index (χ3n) is 2.51. The minimum atomic E-state index is -1.19. The summed E-state index contributed by atoms with van der Waals surface area (Å²) in [5.41, 5.74) is 0.384. The number of amides is 1. The van der Waals surface area contributed by atoms with Crippen LogP contribution in [-0.2, 0) is 11.2 Å². The average Bonchev–Trinajstić information content (AvgIpc) is 2.80. The van der Waals surface area contributed by atoms with E-state index in [9.17, 15) is 14.7 Å². The van der Waals surface area contributed by atoms with E-state index < -0.39 is 24.2 Å². The Morgan fingerprint density at radius 3 is 2.84 bits per heavy atom. The maximum absolute atomic E-state index is 11.6. The Balaban J connectivity index is 2.37. The fourth-order valence-electron chi connectivity index (χ4n) is 1.59. The third kappa shape index (κ3) is 2.32. The molecule has 0 saturated heterocycles. The topological polar surface area (TPSA) is 126 Å². The Kier molecular flexibility index (Phi) is 3.32. The lowest BCUT2D eigenvalue weighted by molar-refractivity contribution is -0.135. The number of hydrogen-bond donors (Lipinski definition) is 3. The van der Waals surface area contributed by atoms with Gasteiger partial charge >= 0.3 is 5.97 Å². The quantitative estimate of drug-likeness (QED) is 0.726. The number of fused-ring (bicyclic) bond motifs is 1. The molecule has 19 heavy (non-hydrogen) atoms. The van der Waals surface area contributed by atoms with Gasteiger partial charge in [-0.15, -0.1) is 0 Å². The van der Waals surface area contributed by atoms with Crippen molar-refractivity contribution in [1.82, 2.24) is 15.5 Å². The van der Waals surface area contributed by atoms with E-state index in [-0.39, 0.29) is 11.3 Å². The minimum absolute atomic E-state index is 0.0623. The molecule has 2 rings (SSSR count). The molecule has 0 saturated carbocycles. The van der Waals surface area contributed by atoms with Crippen molar-refractivity contribution in [1.29, 1.82) is 0 Å². The molecule has 0 unspecified atom stereocenters. The van der Waals surface area contributed by atoms with Crippen molar-refractivity contribution >= 4 is 22.8 Å². The number of carboxylic acid groups (broad SMARTS) is 1. The summed E-state index contributed by atoms with van der Waals surface area (Å²) >= 11 is 0. The van der Waals surface area contributed by atoms with Crippen molar-refractivity contribution in [3.8, 4) is 5.75 Å². The number of pyridine rings is 1. The second-order valence-electron chi connectivity index (χ2n) is 3.76. The van der Waals surface area contributed by atoms with E-state index in [1.54, 1.807) is 0 Å². The van der Waals surface area contributed by atoms with Gasteiger partial charge in [0.1, 0.15) is 6.54 Å². The smallest absolute Gasteiger partial charge is 0.322 e. The van der Waals surface area contributed by atoms with Crippen LogP contribution in [0.5, 0.6) is 5.75 Å². The van der Waals surface area contributed by atoms with Gasteiger partial charge in [-0.1, -0.05) is 12.1 Å². The minimum Gasteiger partial charge on any atom is -0.503 e. The monoisotopic (exact) mass is 265 g/mol. The van der Waals surface area contributed by atoms with Crippen LogP contribution in [0.25, 0.3) is 11.0 Å². The second kappa shape index (κ2) is 4.92. The van der Waals surface area contributed by atoms with E-state index in [0.29, 0.717) is 17.5 Å². The van der Waals surface area contributed by atoms with Crippen LogP contribution in [0.4, 0.5) is 0 Å². The second-order valence-corrected chi connectivity index (χ2v) is 3.76. The molecule has 0 radical (unpaired) electrons. The molecule has 2 aromatic heterocycles. The molecule has 0 atom stereocenters. The van der Waals surface area contributed by atoms with Crippen LogP contribution in [0.2, 0.25) is 0 Å². The predicted molar refractivity (Wildman–Crippen MR) is 62.8 cm³/mol. The molecule has 1 amide bonds. The van der Waals surface area contributed by atoms with Gasteiger partial charge in [-0.25, -0.2) is 4.98 Å². The molecule has 8 heteroatoms. The Bertz CT molecular complexity index is 649. The van der Waals surface area contributed by atoms with Crippen LogP contribution < -0.4 is 5.32 Å². The van der Waals surface area contributed by atoms with E-state index in [1.165, 1.54) is 6.20 Å². The molecule has 0 aliphatic carbocycles. The molecule has 2 aromatic rings. The van der Waals surface area contributed by atoms with Crippen molar-refractivity contribution < 1.29 is 24.3 Å². The van der Waals surface area contributed by atoms with E-state index in [1.807, 2.05) is 6.92 Å². The lowest BCUT2D eigenvalue weighted by Crippen LogP contribution is -2.29. The molecule has 100 valence electrons. The first kappa shape index (κ1) is 12.8. The van der Waals surface area contributed by atoms with E-state index in [4.69, 9.17) is 9.63 Å². The Morgan fingerprint density at radius 1 is 1.47 bits per heavy atom. The highest BCUT2D eigenvalue weighted by Crippen LogP contribution is 2.29. The molecular formula is C11H11N3O5. The standard InChI is InChI=1S/C11H11N3O5/c1-2-6-5-3-12-8(9(17)10(5)19-14-6)11(18)13-4-7(15)16/h3,17H,2,4H2,1H3,(H,13,18)(H,15,16). The Labute approximate surface area is 107 Å². The normalized spacial score (nSPS) is 10.6. The van der Waals surface area contributed by atoms with E-state index in [2.05, 4.69) is 15.5 Å². The van der Waals surface area contributed by atoms with E-state index in [0.717, 1.165) is 0 Å². The maximum Gasteiger partial charge on any atom is 0.322 e. The third-order valence-corrected chi connectivity index (χ3v) is 2.51. The van der Waals surface area contributed by atoms with Crippen molar-refractivity contribution in [3.63, 3.8) is 0 Å². The van der Waals surface area contributed by atoms with Crippen LogP contribution in [0.15, 0.2) is 10.7 Å². The number of aryl methyl sites for hydroxylation is 1. The van der Waals surface area contributed by atoms with Crippen molar-refractivity contribution in [2.75, 3.05) is 6.54 Å². The zero-order valence-corrected chi connectivity index (χ0v) is 10.0. The molecule has 0 aliphatic rings. The number of carbonyl (C=O) groups is 2. The SMILES string of the molecule is CCc1noc2c(O)c(C(=O)NCC(=O)O)ncc12. The highest BCUT2D eigenvalue weighted by molar-refractivity contribution is 6.01. The highest BCUT2D eigenvalue weighted by Gasteiger charge is 2.20. The molecule has 0 bridgehead atoms. The largest absolute Gasteiger partial charge is 0.503 e. The van der Waals surface area contributed by atoms with Crippen LogP contribution in [0, 0.1) is 0 Å². The summed E-state index contributed by atoms with van der Waals surface area (Å²) in [6.45, 7) is 1.30. The summed E-state index contributed by atoms with van der Waals surface area (Å²) in [4.78, 5) is 25.8. The maximum atomic E-state index is 11.6. The molecule has 0 fully saturated rings. The molecule has 2 heterocycles. The van der Waals surface area contributed by atoms with Gasteiger partial charge in [-0.2, -0.15) is 0 Å². The lowest BCUT2D eigenvalue weighted by Gasteiger charge is -2.03. The number of aromatic hydroxyl groups is 1. The summed E-state index contributed by atoms with van der Waals surface area (Å²) in [5.74, 6) is -2.44. The number of aromatic nitrogens is 2. The summed E-state index contributed by atoms with van der Waals surface area (Å²) in [7, 11) is 0. The highest BCUT2D eigenvalue weighted by atomic mass is 16.5. The number of rotatable bonds is 4. The Hall–Kier alpha value is -2.64. The van der Waals surface area contributed by atoms with Gasteiger partial charge in [-0.05, 0) is 6.42 Å². The van der Waals surface area contributed by atoms with Crippen molar-refractivity contribution in [2.24, 2.45) is 0 Å². The lowest BCUT2D eigenvalue weighted by atomic mass is 10.2. The first-order chi connectivity index (χ1) is 9.04. The average molecular weight is 265 g/mol. The summed E-state index contributed by atoms with van der Waals surface area (Å²) < 4.78 is 4.95. The number of carboxylic acids is 1. The van der Waals surface area contributed by atoms with Gasteiger partial charge in [0.15, 0.2) is 11.4 Å². The Morgan fingerprint density at radius 2 is 2.21 bits per heavy atom. The molecular weight excluding hydrogens is 254 g/mol. The predicted octanol–water partition coefficient (Wildman–Crippen LogP) is 0.305. The molecule has 0 spiro atoms. The van der Waals surface area contributed by atoms with Gasteiger partial charge in [0.05, 0.1) is 11.1 Å². The molecule has 3 N–H and O–H groups in total. The number of nitrogens with one attached hydrogen (secondary N) is 1. The fourth-order valence-corrected chi connectivity index (χ4v) is 1.59. The van der Waals surface area contributed by atoms with Crippen LogP contribution in [-0.4, -0.2) is 38.8 Å². The van der Waals surface area contributed by atoms with Crippen molar-refractivity contribution in [2.45, 2.75) is 13.3 Å². The van der Waals surface area contributed by atoms with Gasteiger partial charge < -0.3 is 20.1 Å². The first-order valence-electron chi connectivity index (χ1n) is 5.50. The van der Waals surface area contributed by atoms with Gasteiger partial charge in [-0.3, -0.25) is 9.59 Å². The van der Waals surface area contributed by atoms with Crippen LogP contribution in [0.1, 0.15) is 23.1 Å². The first-order valence-corrected chi connectivity index (χ1v) is 5.50. The number of hydrogen-bond acceptors (Lipinski definition) is 6.